The lowest BCUT2D eigenvalue weighted by atomic mass is 9.92. The number of carbonyl (C=O) groups is 5. The number of ether oxygens (including phenoxy) is 5. The molecule has 0 aliphatic rings. The van der Waals surface area contributed by atoms with Crippen molar-refractivity contribution in [2.24, 2.45) is 11.8 Å². The van der Waals surface area contributed by atoms with Crippen LogP contribution in [-0.4, -0.2) is 87.9 Å². The average Bonchev–Trinajstić information content (AvgIpc) is 3.21. The van der Waals surface area contributed by atoms with Gasteiger partial charge in [0.25, 0.3) is 0 Å². The van der Waals surface area contributed by atoms with Crippen molar-refractivity contribution in [3.05, 3.63) is 0 Å². The lowest BCUT2D eigenvalue weighted by Gasteiger charge is -2.18. The zero-order valence-electron chi connectivity index (χ0n) is 39.5. The highest BCUT2D eigenvalue weighted by atomic mass is 16.6. The number of rotatable bonds is 43. The zero-order valence-corrected chi connectivity index (χ0v) is 39.5. The molecule has 0 heterocycles. The monoisotopic (exact) mass is 854 g/mol. The summed E-state index contributed by atoms with van der Waals surface area (Å²) >= 11 is 0. The van der Waals surface area contributed by atoms with Crippen LogP contribution in [0.5, 0.6) is 0 Å². The van der Waals surface area contributed by atoms with Crippen LogP contribution in [0.1, 0.15) is 220 Å². The fourth-order valence-electron chi connectivity index (χ4n) is 7.37. The molecule has 0 aliphatic carbocycles. The van der Waals surface area contributed by atoms with E-state index in [4.69, 9.17) is 23.7 Å². The molecule has 11 heteroatoms. The number of nitrogens with zero attached hydrogens (tertiary/aromatic N) is 1. The van der Waals surface area contributed by atoms with Gasteiger partial charge in [-0.15, -0.1) is 0 Å². The summed E-state index contributed by atoms with van der Waals surface area (Å²) in [5.74, 6) is -0.825. The van der Waals surface area contributed by atoms with Gasteiger partial charge in [0.1, 0.15) is 6.10 Å². The Labute approximate surface area is 366 Å². The highest BCUT2D eigenvalue weighted by molar-refractivity contribution is 5.78. The highest BCUT2D eigenvalue weighted by Crippen LogP contribution is 2.23. The molecule has 0 aromatic rings. The first-order valence-corrected chi connectivity index (χ1v) is 24.5. The minimum atomic E-state index is -0.461. The lowest BCUT2D eigenvalue weighted by molar-refractivity contribution is -0.153. The van der Waals surface area contributed by atoms with Crippen LogP contribution in [0.25, 0.3) is 0 Å². The van der Waals surface area contributed by atoms with Crippen molar-refractivity contribution in [1.82, 2.24) is 4.90 Å². The van der Waals surface area contributed by atoms with E-state index < -0.39 is 18.0 Å². The van der Waals surface area contributed by atoms with Gasteiger partial charge in [-0.1, -0.05) is 143 Å². The molecule has 0 spiro atoms. The van der Waals surface area contributed by atoms with Crippen LogP contribution < -0.4 is 0 Å². The molecule has 0 saturated carbocycles. The maximum atomic E-state index is 12.6. The standard InChI is InChI=1S/C49H91NO10/c1-7-11-15-16-20-27-43(26-19-14-10-4)36-41-59-48(54)34-32-46(52)57-39-23-29-44(60-49(55)30-21-37-50(5)6)28-22-38-56-45(51)31-33-47(53)58-40-35-42(24-17-12-8-2)25-18-13-9-3/h42-44H,7-41H2,1-6H3. The molecule has 0 N–H and O–H groups in total. The largest absolute Gasteiger partial charge is 0.466 e. The Morgan fingerprint density at radius 3 is 1.10 bits per heavy atom. The van der Waals surface area contributed by atoms with Crippen molar-refractivity contribution < 1.29 is 47.7 Å². The first kappa shape index (κ1) is 57.3. The van der Waals surface area contributed by atoms with E-state index in [0.29, 0.717) is 63.6 Å². The Bertz CT molecular complexity index is 1060. The topological polar surface area (TPSA) is 135 Å². The van der Waals surface area contributed by atoms with Gasteiger partial charge in [0.15, 0.2) is 0 Å². The SMILES string of the molecule is CCCCCCCC(CCCCC)CCOC(=O)CCC(=O)OCCCC(CCCOC(=O)CCC(=O)OCCC(CCCCC)CCCCC)OC(=O)CCCN(C)C. The fourth-order valence-corrected chi connectivity index (χ4v) is 7.37. The summed E-state index contributed by atoms with van der Waals surface area (Å²) in [5.41, 5.74) is 0. The van der Waals surface area contributed by atoms with E-state index in [1.165, 1.54) is 116 Å². The predicted molar refractivity (Wildman–Crippen MR) is 240 cm³/mol. The molecule has 60 heavy (non-hydrogen) atoms. The number of hydrogen-bond acceptors (Lipinski definition) is 11. The Morgan fingerprint density at radius 2 is 0.717 bits per heavy atom. The normalized spacial score (nSPS) is 12.3. The van der Waals surface area contributed by atoms with Gasteiger partial charge < -0.3 is 28.6 Å². The van der Waals surface area contributed by atoms with E-state index in [-0.39, 0.29) is 56.8 Å². The first-order valence-electron chi connectivity index (χ1n) is 24.5. The summed E-state index contributed by atoms with van der Waals surface area (Å²) in [6.45, 7) is 10.7. The van der Waals surface area contributed by atoms with Gasteiger partial charge in [-0.2, -0.15) is 0 Å². The molecule has 0 amide bonds. The molecule has 2 atom stereocenters. The molecule has 0 rings (SSSR count). The zero-order chi connectivity index (χ0) is 44.5. The van der Waals surface area contributed by atoms with E-state index in [0.717, 1.165) is 19.4 Å². The first-order chi connectivity index (χ1) is 29.0. The van der Waals surface area contributed by atoms with Crippen LogP contribution in [0.3, 0.4) is 0 Å². The Kier molecular flexibility index (Phi) is 39.8. The van der Waals surface area contributed by atoms with Crippen molar-refractivity contribution in [3.8, 4) is 0 Å². The third kappa shape index (κ3) is 38.2. The Hall–Kier alpha value is -2.69. The Balaban J connectivity index is 4.59. The van der Waals surface area contributed by atoms with Crippen molar-refractivity contribution in [3.63, 3.8) is 0 Å². The molecule has 0 bridgehead atoms. The summed E-state index contributed by atoms with van der Waals surface area (Å²) in [6, 6.07) is 0. The van der Waals surface area contributed by atoms with E-state index in [9.17, 15) is 24.0 Å². The van der Waals surface area contributed by atoms with Gasteiger partial charge in [0.05, 0.1) is 52.1 Å². The summed E-state index contributed by atoms with van der Waals surface area (Å²) in [7, 11) is 3.90. The second-order valence-corrected chi connectivity index (χ2v) is 17.2. The maximum Gasteiger partial charge on any atom is 0.306 e. The predicted octanol–water partition coefficient (Wildman–Crippen LogP) is 11.6. The highest BCUT2D eigenvalue weighted by Gasteiger charge is 2.18. The van der Waals surface area contributed by atoms with Crippen molar-refractivity contribution in [2.75, 3.05) is 47.1 Å². The molecule has 11 nitrogen and oxygen atoms in total. The van der Waals surface area contributed by atoms with Gasteiger partial charge in [0.2, 0.25) is 0 Å². The molecule has 0 aromatic heterocycles. The van der Waals surface area contributed by atoms with E-state index >= 15 is 0 Å². The number of carbonyl (C=O) groups excluding carboxylic acids is 5. The minimum Gasteiger partial charge on any atom is -0.466 e. The van der Waals surface area contributed by atoms with Crippen LogP contribution in [0.15, 0.2) is 0 Å². The van der Waals surface area contributed by atoms with E-state index in [2.05, 4.69) is 27.7 Å². The molecular weight excluding hydrogens is 763 g/mol. The number of esters is 5. The van der Waals surface area contributed by atoms with Crippen molar-refractivity contribution in [2.45, 2.75) is 226 Å². The maximum absolute atomic E-state index is 12.6. The molecular formula is C49H91NO10. The van der Waals surface area contributed by atoms with Gasteiger partial charge in [-0.25, -0.2) is 0 Å². The summed E-state index contributed by atoms with van der Waals surface area (Å²) in [4.78, 5) is 64.1. The van der Waals surface area contributed by atoms with Crippen molar-refractivity contribution in [1.29, 1.82) is 0 Å². The molecule has 0 radical (unpaired) electrons. The van der Waals surface area contributed by atoms with Crippen LogP contribution in [0, 0.1) is 11.8 Å². The third-order valence-electron chi connectivity index (χ3n) is 11.2. The molecule has 0 aromatic carbocycles. The van der Waals surface area contributed by atoms with Crippen molar-refractivity contribution >= 4 is 29.8 Å². The van der Waals surface area contributed by atoms with Gasteiger partial charge in [-0.3, -0.25) is 24.0 Å². The van der Waals surface area contributed by atoms with Crippen LogP contribution in [0.4, 0.5) is 0 Å². The molecule has 0 aliphatic heterocycles. The average molecular weight is 854 g/mol. The van der Waals surface area contributed by atoms with Gasteiger partial charge in [-0.05, 0) is 77.4 Å². The molecule has 2 unspecified atom stereocenters. The quantitative estimate of drug-likeness (QED) is 0.0329. The molecule has 0 fully saturated rings. The van der Waals surface area contributed by atoms with Crippen LogP contribution in [0.2, 0.25) is 0 Å². The smallest absolute Gasteiger partial charge is 0.306 e. The molecule has 352 valence electrons. The fraction of sp³-hybridized carbons (Fsp3) is 0.898. The van der Waals surface area contributed by atoms with Gasteiger partial charge >= 0.3 is 29.8 Å². The minimum absolute atomic E-state index is 0.0117. The third-order valence-corrected chi connectivity index (χ3v) is 11.2. The van der Waals surface area contributed by atoms with Crippen LogP contribution in [-0.2, 0) is 47.7 Å². The lowest BCUT2D eigenvalue weighted by Crippen LogP contribution is -2.21. The number of unbranched alkanes of at least 4 members (excludes halogenated alkanes) is 10. The second-order valence-electron chi connectivity index (χ2n) is 17.2. The summed E-state index contributed by atoms with van der Waals surface area (Å²) in [6.07, 6.45) is 26.0. The van der Waals surface area contributed by atoms with Crippen LogP contribution >= 0.6 is 0 Å². The molecule has 0 saturated heterocycles. The number of hydrogen-bond donors (Lipinski definition) is 0. The summed E-state index contributed by atoms with van der Waals surface area (Å²) < 4.78 is 27.5. The summed E-state index contributed by atoms with van der Waals surface area (Å²) in [5, 5.41) is 0. The van der Waals surface area contributed by atoms with E-state index in [1.54, 1.807) is 0 Å². The van der Waals surface area contributed by atoms with E-state index in [1.807, 2.05) is 19.0 Å². The second kappa shape index (κ2) is 41.7. The van der Waals surface area contributed by atoms with Gasteiger partial charge in [0, 0.05) is 6.42 Å². The Morgan fingerprint density at radius 1 is 0.367 bits per heavy atom.